The zero-order valence-electron chi connectivity index (χ0n) is 15.6. The molecule has 0 aliphatic carbocycles. The van der Waals surface area contributed by atoms with Gasteiger partial charge in [-0.25, -0.2) is 0 Å². The first-order chi connectivity index (χ1) is 13.0. The van der Waals surface area contributed by atoms with Crippen molar-refractivity contribution in [2.24, 2.45) is 0 Å². The first kappa shape index (κ1) is 20.5. The average molecular weight is 371 g/mol. The molecule has 0 saturated heterocycles. The Morgan fingerprint density at radius 1 is 1.04 bits per heavy atom. The highest BCUT2D eigenvalue weighted by molar-refractivity contribution is 5.97. The van der Waals surface area contributed by atoms with Crippen molar-refractivity contribution in [3.63, 3.8) is 0 Å². The third-order valence-electron chi connectivity index (χ3n) is 4.57. The van der Waals surface area contributed by atoms with Crippen LogP contribution in [0.15, 0.2) is 54.6 Å². The molecule has 2 rings (SSSR count). The number of hydrogen-bond acceptors (Lipinski definition) is 4. The topological polar surface area (TPSA) is 84.9 Å². The lowest BCUT2D eigenvalue weighted by Gasteiger charge is -2.29. The lowest BCUT2D eigenvalue weighted by Crippen LogP contribution is -2.46. The lowest BCUT2D eigenvalue weighted by molar-refractivity contribution is -0.143. The van der Waals surface area contributed by atoms with Gasteiger partial charge >= 0.3 is 5.97 Å². The molecule has 6 heteroatoms. The predicted molar refractivity (Wildman–Crippen MR) is 102 cm³/mol. The molecule has 0 fully saturated rings. The third kappa shape index (κ3) is 4.86. The van der Waals surface area contributed by atoms with Gasteiger partial charge in [-0.2, -0.15) is 0 Å². The van der Waals surface area contributed by atoms with Crippen LogP contribution in [0.25, 0.3) is 0 Å². The summed E-state index contributed by atoms with van der Waals surface area (Å²) in [5, 5.41) is 12.6. The minimum atomic E-state index is -1.19. The van der Waals surface area contributed by atoms with Crippen molar-refractivity contribution in [1.82, 2.24) is 5.32 Å². The summed E-state index contributed by atoms with van der Waals surface area (Å²) in [6, 6.07) is 15.8. The number of carbonyl (C=O) groups is 2. The van der Waals surface area contributed by atoms with Crippen molar-refractivity contribution < 1.29 is 24.2 Å². The van der Waals surface area contributed by atoms with Crippen molar-refractivity contribution >= 4 is 11.9 Å². The molecule has 2 aromatic rings. The number of carboxylic acids is 1. The standard InChI is InChI=1S/C21H25NO5/c1-3-21(20(24)25,16-9-5-4-6-10-16)15-22-19(23)17-11-7-8-12-18(17)27-14-13-26-2/h4-12H,3,13-15H2,1-2H3,(H,22,23)(H,24,25). The zero-order chi connectivity index (χ0) is 19.7. The van der Waals surface area contributed by atoms with Crippen molar-refractivity contribution in [3.8, 4) is 5.75 Å². The zero-order valence-corrected chi connectivity index (χ0v) is 15.6. The Labute approximate surface area is 159 Å². The Morgan fingerprint density at radius 2 is 1.70 bits per heavy atom. The normalized spacial score (nSPS) is 12.8. The van der Waals surface area contributed by atoms with Gasteiger partial charge in [0, 0.05) is 13.7 Å². The maximum Gasteiger partial charge on any atom is 0.315 e. The molecule has 1 unspecified atom stereocenters. The summed E-state index contributed by atoms with van der Waals surface area (Å²) in [4.78, 5) is 24.8. The maximum absolute atomic E-state index is 12.7. The van der Waals surface area contributed by atoms with Gasteiger partial charge < -0.3 is 19.9 Å². The molecule has 0 bridgehead atoms. The van der Waals surface area contributed by atoms with Crippen molar-refractivity contribution in [2.45, 2.75) is 18.8 Å². The summed E-state index contributed by atoms with van der Waals surface area (Å²) in [7, 11) is 1.57. The van der Waals surface area contributed by atoms with E-state index in [0.717, 1.165) is 0 Å². The van der Waals surface area contributed by atoms with E-state index in [2.05, 4.69) is 5.32 Å². The number of nitrogens with one attached hydrogen (secondary N) is 1. The molecule has 0 heterocycles. The van der Waals surface area contributed by atoms with Crippen LogP contribution in [0.1, 0.15) is 29.3 Å². The molecule has 144 valence electrons. The van der Waals surface area contributed by atoms with Crippen molar-refractivity contribution in [1.29, 1.82) is 0 Å². The summed E-state index contributed by atoms with van der Waals surface area (Å²) >= 11 is 0. The second-order valence-corrected chi connectivity index (χ2v) is 6.13. The van der Waals surface area contributed by atoms with E-state index in [1.54, 1.807) is 62.6 Å². The maximum atomic E-state index is 12.7. The van der Waals surface area contributed by atoms with E-state index < -0.39 is 11.4 Å². The van der Waals surface area contributed by atoms with E-state index in [0.29, 0.717) is 36.5 Å². The van der Waals surface area contributed by atoms with Crippen LogP contribution in [0.4, 0.5) is 0 Å². The Morgan fingerprint density at radius 3 is 2.33 bits per heavy atom. The monoisotopic (exact) mass is 371 g/mol. The number of carboxylic acid groups (broad SMARTS) is 1. The fraction of sp³-hybridized carbons (Fsp3) is 0.333. The smallest absolute Gasteiger partial charge is 0.315 e. The van der Waals surface area contributed by atoms with Gasteiger partial charge in [0.2, 0.25) is 0 Å². The molecular formula is C21H25NO5. The van der Waals surface area contributed by atoms with Gasteiger partial charge in [0.15, 0.2) is 0 Å². The SMILES string of the molecule is CCC(CNC(=O)c1ccccc1OCCOC)(C(=O)O)c1ccccc1. The number of ether oxygens (including phenoxy) is 2. The van der Waals surface area contributed by atoms with Crippen LogP contribution in [0.3, 0.4) is 0 Å². The van der Waals surface area contributed by atoms with Crippen molar-refractivity contribution in [2.75, 3.05) is 26.9 Å². The molecule has 6 nitrogen and oxygen atoms in total. The van der Waals surface area contributed by atoms with Gasteiger partial charge in [-0.05, 0) is 24.1 Å². The summed E-state index contributed by atoms with van der Waals surface area (Å²) in [5.74, 6) is -0.914. The molecule has 27 heavy (non-hydrogen) atoms. The van der Waals surface area contributed by atoms with E-state index in [4.69, 9.17) is 9.47 Å². The fourth-order valence-corrected chi connectivity index (χ4v) is 2.88. The number of amides is 1. The second-order valence-electron chi connectivity index (χ2n) is 6.13. The molecule has 1 atom stereocenters. The van der Waals surface area contributed by atoms with Gasteiger partial charge in [-0.15, -0.1) is 0 Å². The fourth-order valence-electron chi connectivity index (χ4n) is 2.88. The van der Waals surface area contributed by atoms with Gasteiger partial charge in [-0.3, -0.25) is 9.59 Å². The molecule has 2 N–H and O–H groups in total. The third-order valence-corrected chi connectivity index (χ3v) is 4.57. The number of rotatable bonds is 10. The largest absolute Gasteiger partial charge is 0.490 e. The molecule has 0 aliphatic rings. The van der Waals surface area contributed by atoms with Crippen LogP contribution in [0, 0.1) is 0 Å². The number of para-hydroxylation sites is 1. The molecule has 0 radical (unpaired) electrons. The number of carbonyl (C=O) groups excluding carboxylic acids is 1. The van der Waals surface area contributed by atoms with E-state index in [1.165, 1.54) is 0 Å². The summed E-state index contributed by atoms with van der Waals surface area (Å²) < 4.78 is 10.5. The van der Waals surface area contributed by atoms with Gasteiger partial charge in [0.05, 0.1) is 12.2 Å². The number of methoxy groups -OCH3 is 1. The summed E-state index contributed by atoms with van der Waals surface area (Å²) in [5.41, 5.74) is -0.176. The molecule has 0 saturated carbocycles. The van der Waals surface area contributed by atoms with E-state index in [9.17, 15) is 14.7 Å². The predicted octanol–water partition coefficient (Wildman–Crippen LogP) is 2.87. The van der Waals surface area contributed by atoms with Gasteiger partial charge in [0.25, 0.3) is 5.91 Å². The minimum absolute atomic E-state index is 0.0198. The van der Waals surface area contributed by atoms with Crippen LogP contribution in [-0.2, 0) is 14.9 Å². The first-order valence-electron chi connectivity index (χ1n) is 8.83. The number of benzene rings is 2. The highest BCUT2D eigenvalue weighted by atomic mass is 16.5. The molecule has 0 aliphatic heterocycles. The molecular weight excluding hydrogens is 346 g/mol. The van der Waals surface area contributed by atoms with E-state index >= 15 is 0 Å². The Kier molecular flexibility index (Phi) is 7.37. The van der Waals surface area contributed by atoms with E-state index in [1.807, 2.05) is 6.07 Å². The molecule has 0 aromatic heterocycles. The Hall–Kier alpha value is -2.86. The first-order valence-corrected chi connectivity index (χ1v) is 8.83. The quantitative estimate of drug-likeness (QED) is 0.628. The molecule has 0 spiro atoms. The Balaban J connectivity index is 2.19. The Bertz CT molecular complexity index is 762. The van der Waals surface area contributed by atoms with Gasteiger partial charge in [0.1, 0.15) is 17.8 Å². The van der Waals surface area contributed by atoms with Crippen LogP contribution < -0.4 is 10.1 Å². The molecule has 2 aromatic carbocycles. The summed E-state index contributed by atoms with van der Waals surface area (Å²) in [6.45, 7) is 2.50. The number of aliphatic carboxylic acids is 1. The highest BCUT2D eigenvalue weighted by Gasteiger charge is 2.39. The van der Waals surface area contributed by atoms with Crippen LogP contribution >= 0.6 is 0 Å². The summed E-state index contributed by atoms with van der Waals surface area (Å²) in [6.07, 6.45) is 0.346. The van der Waals surface area contributed by atoms with Crippen LogP contribution in [0.5, 0.6) is 5.75 Å². The van der Waals surface area contributed by atoms with Crippen LogP contribution in [0.2, 0.25) is 0 Å². The second kappa shape index (κ2) is 9.73. The molecule has 1 amide bonds. The van der Waals surface area contributed by atoms with E-state index in [-0.39, 0.29) is 12.5 Å². The average Bonchev–Trinajstić information content (AvgIpc) is 2.70. The van der Waals surface area contributed by atoms with Crippen LogP contribution in [-0.4, -0.2) is 43.9 Å². The highest BCUT2D eigenvalue weighted by Crippen LogP contribution is 2.28. The lowest BCUT2D eigenvalue weighted by atomic mass is 9.78. The van der Waals surface area contributed by atoms with Gasteiger partial charge in [-0.1, -0.05) is 49.4 Å². The minimum Gasteiger partial charge on any atom is -0.490 e. The van der Waals surface area contributed by atoms with Crippen molar-refractivity contribution in [3.05, 3.63) is 65.7 Å². The number of hydrogen-bond donors (Lipinski definition) is 2.